The summed E-state index contributed by atoms with van der Waals surface area (Å²) in [7, 11) is 0. The highest BCUT2D eigenvalue weighted by molar-refractivity contribution is 5.81. The van der Waals surface area contributed by atoms with E-state index in [1.54, 1.807) is 0 Å². The van der Waals surface area contributed by atoms with Crippen LogP contribution in [0.5, 0.6) is 0 Å². The van der Waals surface area contributed by atoms with Crippen molar-refractivity contribution in [2.75, 3.05) is 65.6 Å². The number of rotatable bonds is 35. The molecular formula is C36H74N4O12. The molecule has 0 bridgehead atoms. The third kappa shape index (κ3) is 22.6. The summed E-state index contributed by atoms with van der Waals surface area (Å²) < 4.78 is 0. The molecule has 310 valence electrons. The second-order valence-corrected chi connectivity index (χ2v) is 13.9. The van der Waals surface area contributed by atoms with Crippen LogP contribution in [0.4, 0.5) is 0 Å². The number of carbonyl (C=O) groups excluding carboxylic acids is 2. The molecule has 16 heteroatoms. The normalized spacial score (nSPS) is 16.7. The summed E-state index contributed by atoms with van der Waals surface area (Å²) in [5.41, 5.74) is 0. The van der Waals surface area contributed by atoms with E-state index in [4.69, 9.17) is 10.2 Å². The van der Waals surface area contributed by atoms with Crippen LogP contribution in [0.3, 0.4) is 0 Å². The number of hydrogen-bond acceptors (Lipinski definition) is 14. The summed E-state index contributed by atoms with van der Waals surface area (Å²) in [4.78, 5) is 29.4. The van der Waals surface area contributed by atoms with Gasteiger partial charge in [0.25, 0.3) is 11.8 Å². The average molecular weight is 755 g/mol. The van der Waals surface area contributed by atoms with Crippen molar-refractivity contribution < 1.29 is 60.7 Å². The standard InChI is InChI=1S/C36H74N4O12/c1-3-5-7-9-11-13-19-39(21-15-17-37-35(51)33(49)31(47)29(45)27(43)25-41)23-24-40(20-14-12-10-8-6-4-2)22-16-18-38-36(52)34(50)32(48)30(46)28(44)26-42/h27-34,41-50H,3-26H2,1-2H3,(H,37,51)(H,38,52). The zero-order valence-electron chi connectivity index (χ0n) is 31.8. The van der Waals surface area contributed by atoms with Gasteiger partial charge in [0.05, 0.1) is 13.2 Å². The Balaban J connectivity index is 5.22. The Morgan fingerprint density at radius 3 is 1.08 bits per heavy atom. The minimum absolute atomic E-state index is 0.214. The van der Waals surface area contributed by atoms with E-state index in [0.29, 0.717) is 25.9 Å². The highest BCUT2D eigenvalue weighted by Gasteiger charge is 2.35. The van der Waals surface area contributed by atoms with Crippen molar-refractivity contribution in [3.05, 3.63) is 0 Å². The fourth-order valence-corrected chi connectivity index (χ4v) is 5.78. The molecule has 0 rings (SSSR count). The van der Waals surface area contributed by atoms with Gasteiger partial charge in [-0.1, -0.05) is 78.1 Å². The predicted octanol–water partition coefficient (Wildman–Crippen LogP) is -1.80. The Kier molecular flexibility index (Phi) is 30.8. The summed E-state index contributed by atoms with van der Waals surface area (Å²) in [6.45, 7) is 7.68. The van der Waals surface area contributed by atoms with E-state index < -0.39 is 73.9 Å². The van der Waals surface area contributed by atoms with Crippen LogP contribution in [0.1, 0.15) is 104 Å². The second-order valence-electron chi connectivity index (χ2n) is 13.9. The Hall–Kier alpha value is -1.54. The zero-order valence-corrected chi connectivity index (χ0v) is 31.8. The Morgan fingerprint density at radius 2 is 0.750 bits per heavy atom. The molecule has 0 aliphatic carbocycles. The minimum Gasteiger partial charge on any atom is -0.394 e. The van der Waals surface area contributed by atoms with Gasteiger partial charge in [-0.2, -0.15) is 0 Å². The first-order valence-electron chi connectivity index (χ1n) is 19.5. The highest BCUT2D eigenvalue weighted by Crippen LogP contribution is 2.10. The van der Waals surface area contributed by atoms with Crippen LogP contribution in [-0.2, 0) is 9.59 Å². The van der Waals surface area contributed by atoms with Crippen LogP contribution < -0.4 is 10.6 Å². The molecule has 0 radical (unpaired) electrons. The number of unbranched alkanes of at least 4 members (excludes halogenated alkanes) is 10. The van der Waals surface area contributed by atoms with Crippen LogP contribution in [0.25, 0.3) is 0 Å². The Labute approximate surface area is 310 Å². The fraction of sp³-hybridized carbons (Fsp3) is 0.944. The lowest BCUT2D eigenvalue weighted by molar-refractivity contribution is -0.149. The Morgan fingerprint density at radius 1 is 0.442 bits per heavy atom. The molecule has 0 saturated heterocycles. The lowest BCUT2D eigenvalue weighted by Gasteiger charge is -2.28. The quantitative estimate of drug-likeness (QED) is 0.0319. The molecule has 8 unspecified atom stereocenters. The maximum absolute atomic E-state index is 12.4. The lowest BCUT2D eigenvalue weighted by Crippen LogP contribution is -2.51. The SMILES string of the molecule is CCCCCCCCN(CCCNC(=O)C(O)C(O)C(O)C(O)CO)CCN(CCCCCCCC)CCCNC(=O)C(O)C(O)C(O)C(O)CO. The van der Waals surface area contributed by atoms with E-state index in [1.807, 2.05) is 0 Å². The van der Waals surface area contributed by atoms with E-state index in [-0.39, 0.29) is 13.1 Å². The number of aliphatic hydroxyl groups is 10. The van der Waals surface area contributed by atoms with Crippen molar-refractivity contribution in [2.24, 2.45) is 0 Å². The molecule has 52 heavy (non-hydrogen) atoms. The second kappa shape index (κ2) is 31.8. The molecule has 0 heterocycles. The molecule has 8 atom stereocenters. The molecule has 0 aromatic rings. The summed E-state index contributed by atoms with van der Waals surface area (Å²) in [5.74, 6) is -1.78. The smallest absolute Gasteiger partial charge is 0.251 e. The van der Waals surface area contributed by atoms with Gasteiger partial charge in [-0.3, -0.25) is 9.59 Å². The third-order valence-corrected chi connectivity index (χ3v) is 9.34. The maximum atomic E-state index is 12.4. The first-order chi connectivity index (χ1) is 24.9. The average Bonchev–Trinajstić information content (AvgIpc) is 3.15. The van der Waals surface area contributed by atoms with Gasteiger partial charge in [0.15, 0.2) is 12.2 Å². The van der Waals surface area contributed by atoms with E-state index in [1.165, 1.54) is 38.5 Å². The minimum atomic E-state index is -1.98. The van der Waals surface area contributed by atoms with E-state index in [0.717, 1.165) is 64.7 Å². The van der Waals surface area contributed by atoms with Crippen molar-refractivity contribution >= 4 is 11.8 Å². The van der Waals surface area contributed by atoms with Crippen molar-refractivity contribution in [2.45, 2.75) is 153 Å². The topological polar surface area (TPSA) is 267 Å². The van der Waals surface area contributed by atoms with Crippen LogP contribution in [0.15, 0.2) is 0 Å². The molecule has 0 aromatic heterocycles. The van der Waals surface area contributed by atoms with Crippen molar-refractivity contribution in [3.8, 4) is 0 Å². The summed E-state index contributed by atoms with van der Waals surface area (Å²) in [5, 5.41) is 102. The molecule has 0 fully saturated rings. The zero-order chi connectivity index (χ0) is 39.3. The molecule has 12 N–H and O–H groups in total. The highest BCUT2D eigenvalue weighted by atomic mass is 16.4. The molecule has 16 nitrogen and oxygen atoms in total. The molecular weight excluding hydrogens is 680 g/mol. The number of nitrogens with zero attached hydrogens (tertiary/aromatic N) is 2. The monoisotopic (exact) mass is 755 g/mol. The molecule has 0 aromatic carbocycles. The van der Waals surface area contributed by atoms with Gasteiger partial charge in [0, 0.05) is 26.2 Å². The van der Waals surface area contributed by atoms with Gasteiger partial charge in [-0.25, -0.2) is 0 Å². The molecule has 0 spiro atoms. The number of amides is 2. The van der Waals surface area contributed by atoms with Crippen LogP contribution in [0, 0.1) is 0 Å². The third-order valence-electron chi connectivity index (χ3n) is 9.34. The molecule has 0 aliphatic rings. The van der Waals surface area contributed by atoms with Gasteiger partial charge in [-0.15, -0.1) is 0 Å². The molecule has 2 amide bonds. The Bertz CT molecular complexity index is 811. The van der Waals surface area contributed by atoms with Crippen molar-refractivity contribution in [3.63, 3.8) is 0 Å². The van der Waals surface area contributed by atoms with Gasteiger partial charge in [0.1, 0.15) is 36.6 Å². The van der Waals surface area contributed by atoms with Crippen molar-refractivity contribution in [1.82, 2.24) is 20.4 Å². The van der Waals surface area contributed by atoms with Crippen LogP contribution in [0.2, 0.25) is 0 Å². The van der Waals surface area contributed by atoms with E-state index in [9.17, 15) is 50.4 Å². The summed E-state index contributed by atoms with van der Waals surface area (Å²) in [6, 6.07) is 0. The fourth-order valence-electron chi connectivity index (χ4n) is 5.78. The number of carbonyl (C=O) groups is 2. The molecule has 0 saturated carbocycles. The summed E-state index contributed by atoms with van der Waals surface area (Å²) >= 11 is 0. The first kappa shape index (κ1) is 50.5. The van der Waals surface area contributed by atoms with E-state index >= 15 is 0 Å². The number of hydrogen-bond donors (Lipinski definition) is 12. The lowest BCUT2D eigenvalue weighted by atomic mass is 10.0. The van der Waals surface area contributed by atoms with Gasteiger partial charge in [-0.05, 0) is 51.9 Å². The maximum Gasteiger partial charge on any atom is 0.251 e. The largest absolute Gasteiger partial charge is 0.394 e. The van der Waals surface area contributed by atoms with Gasteiger partial charge in [0.2, 0.25) is 0 Å². The van der Waals surface area contributed by atoms with Crippen LogP contribution >= 0.6 is 0 Å². The summed E-state index contributed by atoms with van der Waals surface area (Å²) in [6.07, 6.45) is -0.191. The van der Waals surface area contributed by atoms with Crippen molar-refractivity contribution in [1.29, 1.82) is 0 Å². The molecule has 0 aliphatic heterocycles. The van der Waals surface area contributed by atoms with Gasteiger partial charge < -0.3 is 71.5 Å². The van der Waals surface area contributed by atoms with E-state index in [2.05, 4.69) is 34.3 Å². The number of aliphatic hydroxyl groups excluding tert-OH is 10. The predicted molar refractivity (Wildman–Crippen MR) is 197 cm³/mol. The number of nitrogens with one attached hydrogen (secondary N) is 2. The van der Waals surface area contributed by atoms with Gasteiger partial charge >= 0.3 is 0 Å². The van der Waals surface area contributed by atoms with Crippen LogP contribution in [-0.4, -0.2) is 187 Å². The first-order valence-corrected chi connectivity index (χ1v) is 19.5.